The van der Waals surface area contributed by atoms with Crippen molar-refractivity contribution in [2.24, 2.45) is 0 Å². The Balaban J connectivity index is 2.13. The Morgan fingerprint density at radius 2 is 1.48 bits per heavy atom. The average Bonchev–Trinajstić information content (AvgIpc) is 2.72. The SMILES string of the molecule is C=C(C)/C=C(/F)C(=C)C(=C)/C=C\C(=C)/C=C/c1ccc(-c2ccc(C)cc2)c(F)c1F. The molecule has 0 unspecified atom stereocenters. The van der Waals surface area contributed by atoms with E-state index < -0.39 is 17.5 Å². The summed E-state index contributed by atoms with van der Waals surface area (Å²) >= 11 is 0. The first-order valence-corrected chi connectivity index (χ1v) is 9.61. The molecule has 0 spiro atoms. The maximum atomic E-state index is 14.6. The predicted molar refractivity (Wildman–Crippen MR) is 126 cm³/mol. The second-order valence-electron chi connectivity index (χ2n) is 7.28. The van der Waals surface area contributed by atoms with Crippen LogP contribution in [0.25, 0.3) is 17.2 Å². The van der Waals surface area contributed by atoms with Crippen molar-refractivity contribution in [2.45, 2.75) is 13.8 Å². The molecule has 0 aliphatic heterocycles. The van der Waals surface area contributed by atoms with Crippen molar-refractivity contribution in [1.29, 1.82) is 0 Å². The molecule has 31 heavy (non-hydrogen) atoms. The summed E-state index contributed by atoms with van der Waals surface area (Å²) in [6.45, 7) is 18.5. The molecule has 2 aromatic rings. The van der Waals surface area contributed by atoms with Crippen LogP contribution in [-0.4, -0.2) is 0 Å². The molecular weight excluding hydrogens is 393 g/mol. The van der Waals surface area contributed by atoms with Crippen molar-refractivity contribution in [1.82, 2.24) is 0 Å². The zero-order chi connectivity index (χ0) is 23.1. The minimum Gasteiger partial charge on any atom is -0.206 e. The molecule has 0 bridgehead atoms. The van der Waals surface area contributed by atoms with Crippen LogP contribution in [0.2, 0.25) is 0 Å². The summed E-state index contributed by atoms with van der Waals surface area (Å²) in [7, 11) is 0. The van der Waals surface area contributed by atoms with Crippen molar-refractivity contribution < 1.29 is 13.2 Å². The number of hydrogen-bond acceptors (Lipinski definition) is 0. The summed E-state index contributed by atoms with van der Waals surface area (Å²) in [5.41, 5.74) is 3.51. The molecule has 0 radical (unpaired) electrons. The highest BCUT2D eigenvalue weighted by molar-refractivity contribution is 5.68. The van der Waals surface area contributed by atoms with Crippen LogP contribution in [0.1, 0.15) is 18.1 Å². The molecule has 0 aliphatic rings. The summed E-state index contributed by atoms with van der Waals surface area (Å²) in [4.78, 5) is 0. The van der Waals surface area contributed by atoms with Gasteiger partial charge in [-0.3, -0.25) is 0 Å². The first kappa shape index (κ1) is 23.7. The number of aryl methyl sites for hydroxylation is 1. The minimum absolute atomic E-state index is 0.0987. The summed E-state index contributed by atoms with van der Waals surface area (Å²) in [6, 6.07) is 10.3. The highest BCUT2D eigenvalue weighted by atomic mass is 19.2. The van der Waals surface area contributed by atoms with E-state index in [9.17, 15) is 13.2 Å². The number of hydrogen-bond donors (Lipinski definition) is 0. The minimum atomic E-state index is -0.934. The van der Waals surface area contributed by atoms with Crippen molar-refractivity contribution in [3.05, 3.63) is 138 Å². The molecule has 0 atom stereocenters. The van der Waals surface area contributed by atoms with Crippen LogP contribution in [0.4, 0.5) is 13.2 Å². The molecule has 0 aromatic heterocycles. The van der Waals surface area contributed by atoms with Crippen LogP contribution < -0.4 is 0 Å². The molecule has 0 nitrogen and oxygen atoms in total. The number of rotatable bonds is 8. The Morgan fingerprint density at radius 1 is 0.839 bits per heavy atom. The quantitative estimate of drug-likeness (QED) is 0.376. The largest absolute Gasteiger partial charge is 0.206 e. The second kappa shape index (κ2) is 10.4. The third kappa shape index (κ3) is 6.45. The van der Waals surface area contributed by atoms with E-state index in [0.717, 1.165) is 5.56 Å². The first-order chi connectivity index (χ1) is 14.6. The summed E-state index contributed by atoms with van der Waals surface area (Å²) < 4.78 is 43.0. The van der Waals surface area contributed by atoms with Gasteiger partial charge in [0, 0.05) is 16.7 Å². The van der Waals surface area contributed by atoms with Crippen molar-refractivity contribution in [3.63, 3.8) is 0 Å². The standard InChI is InChI=1S/C28H25F3/c1-18(2)17-26(29)22(6)21(5)11-7-19(3)10-14-24-15-16-25(28(31)27(24)30)23-12-8-20(4)9-13-23/h7-17H,1,3,5-6H2,2,4H3/b11-7-,14-10+,26-17+. The van der Waals surface area contributed by atoms with Gasteiger partial charge in [-0.05, 0) is 36.6 Å². The molecule has 0 N–H and O–H groups in total. The molecule has 2 aromatic carbocycles. The van der Waals surface area contributed by atoms with Crippen molar-refractivity contribution in [2.75, 3.05) is 0 Å². The third-order valence-electron chi connectivity index (χ3n) is 4.50. The van der Waals surface area contributed by atoms with E-state index >= 15 is 0 Å². The van der Waals surface area contributed by atoms with Crippen LogP contribution in [-0.2, 0) is 0 Å². The zero-order valence-corrected chi connectivity index (χ0v) is 17.8. The fourth-order valence-electron chi connectivity index (χ4n) is 2.67. The van der Waals surface area contributed by atoms with E-state index in [-0.39, 0.29) is 16.7 Å². The highest BCUT2D eigenvalue weighted by Gasteiger charge is 2.13. The van der Waals surface area contributed by atoms with Crippen LogP contribution >= 0.6 is 0 Å². The van der Waals surface area contributed by atoms with Gasteiger partial charge in [-0.2, -0.15) is 0 Å². The number of allylic oxidation sites excluding steroid dienone is 9. The molecule has 0 aliphatic carbocycles. The summed E-state index contributed by atoms with van der Waals surface area (Å²) in [6.07, 6.45) is 7.39. The van der Waals surface area contributed by atoms with Gasteiger partial charge in [0.15, 0.2) is 11.6 Å². The molecule has 0 heterocycles. The summed E-state index contributed by atoms with van der Waals surface area (Å²) in [5.74, 6) is -2.36. The van der Waals surface area contributed by atoms with Gasteiger partial charge in [0.2, 0.25) is 0 Å². The lowest BCUT2D eigenvalue weighted by Gasteiger charge is -2.07. The molecule has 3 heteroatoms. The van der Waals surface area contributed by atoms with Gasteiger partial charge in [-0.25, -0.2) is 13.2 Å². The Kier molecular flexibility index (Phi) is 7.98. The van der Waals surface area contributed by atoms with Gasteiger partial charge in [0.25, 0.3) is 0 Å². The normalized spacial score (nSPS) is 11.8. The van der Waals surface area contributed by atoms with E-state index in [1.54, 1.807) is 37.3 Å². The molecule has 0 saturated heterocycles. The first-order valence-electron chi connectivity index (χ1n) is 9.61. The third-order valence-corrected chi connectivity index (χ3v) is 4.50. The van der Waals surface area contributed by atoms with Gasteiger partial charge in [0.05, 0.1) is 0 Å². The monoisotopic (exact) mass is 418 g/mol. The maximum absolute atomic E-state index is 14.6. The predicted octanol–water partition coefficient (Wildman–Crippen LogP) is 8.61. The molecule has 158 valence electrons. The Labute approximate surface area is 182 Å². The van der Waals surface area contributed by atoms with Crippen molar-refractivity contribution in [3.8, 4) is 11.1 Å². The maximum Gasteiger partial charge on any atom is 0.167 e. The van der Waals surface area contributed by atoms with Gasteiger partial charge in [-0.15, -0.1) is 0 Å². The second-order valence-corrected chi connectivity index (χ2v) is 7.28. The zero-order valence-electron chi connectivity index (χ0n) is 17.8. The van der Waals surface area contributed by atoms with E-state index in [4.69, 9.17) is 0 Å². The van der Waals surface area contributed by atoms with Crippen LogP contribution in [0.5, 0.6) is 0 Å². The van der Waals surface area contributed by atoms with Crippen LogP contribution in [0, 0.1) is 18.6 Å². The number of halogens is 3. The van der Waals surface area contributed by atoms with Gasteiger partial charge in [-0.1, -0.05) is 98.2 Å². The Morgan fingerprint density at radius 3 is 2.10 bits per heavy atom. The Hall–Kier alpha value is -3.59. The highest BCUT2D eigenvalue weighted by Crippen LogP contribution is 2.27. The average molecular weight is 419 g/mol. The topological polar surface area (TPSA) is 0 Å². The lowest BCUT2D eigenvalue weighted by atomic mass is 10.0. The lowest BCUT2D eigenvalue weighted by molar-refractivity contribution is 0.509. The fourth-order valence-corrected chi connectivity index (χ4v) is 2.67. The summed E-state index contributed by atoms with van der Waals surface area (Å²) in [5, 5.41) is 0. The van der Waals surface area contributed by atoms with E-state index in [1.807, 2.05) is 19.1 Å². The van der Waals surface area contributed by atoms with E-state index in [0.29, 0.717) is 22.3 Å². The van der Waals surface area contributed by atoms with E-state index in [2.05, 4.69) is 26.3 Å². The van der Waals surface area contributed by atoms with Crippen LogP contribution in [0.3, 0.4) is 0 Å². The molecule has 0 fully saturated rings. The van der Waals surface area contributed by atoms with E-state index in [1.165, 1.54) is 24.3 Å². The fraction of sp³-hybridized carbons (Fsp3) is 0.0714. The smallest absolute Gasteiger partial charge is 0.167 e. The molecule has 0 amide bonds. The van der Waals surface area contributed by atoms with Crippen molar-refractivity contribution >= 4 is 6.08 Å². The van der Waals surface area contributed by atoms with Gasteiger partial charge >= 0.3 is 0 Å². The van der Waals surface area contributed by atoms with Crippen LogP contribution in [0.15, 0.2) is 115 Å². The molecule has 2 rings (SSSR count). The van der Waals surface area contributed by atoms with Gasteiger partial charge < -0.3 is 0 Å². The van der Waals surface area contributed by atoms with Gasteiger partial charge in [0.1, 0.15) is 5.83 Å². The molecule has 0 saturated carbocycles. The number of benzene rings is 2. The Bertz CT molecular complexity index is 1120. The molecular formula is C28H25F3. The lowest BCUT2D eigenvalue weighted by Crippen LogP contribution is -1.93.